The number of fused-ring (bicyclic) bond motifs is 1. The second-order valence-corrected chi connectivity index (χ2v) is 4.90. The molecule has 0 spiro atoms. The van der Waals surface area contributed by atoms with Gasteiger partial charge in [0.05, 0.1) is 23.7 Å². The maximum absolute atomic E-state index is 9.15. The lowest BCUT2D eigenvalue weighted by atomic mass is 9.81. The van der Waals surface area contributed by atoms with E-state index in [0.717, 1.165) is 31.2 Å². The van der Waals surface area contributed by atoms with E-state index >= 15 is 0 Å². The second kappa shape index (κ2) is 4.45. The minimum Gasteiger partial charge on any atom is -0.396 e. The van der Waals surface area contributed by atoms with Crippen LogP contribution in [0.15, 0.2) is 24.9 Å². The Morgan fingerprint density at radius 1 is 1.29 bits per heavy atom. The van der Waals surface area contributed by atoms with Crippen molar-refractivity contribution in [3.63, 3.8) is 0 Å². The highest BCUT2D eigenvalue weighted by Gasteiger charge is 2.24. The molecule has 0 unspecified atom stereocenters. The Morgan fingerprint density at radius 3 is 2.88 bits per heavy atom. The molecular formula is C13H17N3O. The molecule has 2 aromatic rings. The Bertz CT molecular complexity index is 500. The van der Waals surface area contributed by atoms with Gasteiger partial charge in [0.25, 0.3) is 0 Å². The summed E-state index contributed by atoms with van der Waals surface area (Å²) in [6, 6.07) is 0. The molecule has 0 aromatic carbocycles. The van der Waals surface area contributed by atoms with E-state index < -0.39 is 0 Å². The number of rotatable bonds is 2. The van der Waals surface area contributed by atoms with Crippen molar-refractivity contribution in [1.82, 2.24) is 14.4 Å². The Morgan fingerprint density at radius 2 is 2.12 bits per heavy atom. The topological polar surface area (TPSA) is 50.4 Å². The van der Waals surface area contributed by atoms with Crippen molar-refractivity contribution in [2.45, 2.75) is 31.6 Å². The Balaban J connectivity index is 1.85. The maximum atomic E-state index is 9.15. The first kappa shape index (κ1) is 10.7. The van der Waals surface area contributed by atoms with Gasteiger partial charge < -0.3 is 9.51 Å². The number of aromatic nitrogens is 3. The maximum Gasteiger partial charge on any atom is 0.0996 e. The van der Waals surface area contributed by atoms with Crippen molar-refractivity contribution in [1.29, 1.82) is 0 Å². The molecule has 17 heavy (non-hydrogen) atoms. The molecule has 1 saturated carbocycles. The smallest absolute Gasteiger partial charge is 0.0996 e. The predicted octanol–water partition coefficient (Wildman–Crippen LogP) is 2.00. The molecule has 1 N–H and O–H groups in total. The highest BCUT2D eigenvalue weighted by atomic mass is 16.3. The second-order valence-electron chi connectivity index (χ2n) is 4.90. The van der Waals surface area contributed by atoms with Crippen LogP contribution in [0.2, 0.25) is 0 Å². The van der Waals surface area contributed by atoms with Crippen LogP contribution in [-0.4, -0.2) is 26.1 Å². The summed E-state index contributed by atoms with van der Waals surface area (Å²) in [6.07, 6.45) is 12.0. The van der Waals surface area contributed by atoms with Crippen LogP contribution < -0.4 is 0 Å². The molecule has 90 valence electrons. The molecule has 0 atom stereocenters. The minimum atomic E-state index is 0.332. The van der Waals surface area contributed by atoms with Gasteiger partial charge in [0.1, 0.15) is 0 Å². The minimum absolute atomic E-state index is 0.332. The van der Waals surface area contributed by atoms with Gasteiger partial charge in [0, 0.05) is 24.9 Å². The molecule has 0 radical (unpaired) electrons. The third kappa shape index (κ3) is 1.93. The molecule has 0 aliphatic heterocycles. The summed E-state index contributed by atoms with van der Waals surface area (Å²) in [5.74, 6) is 1.03. The first-order valence-corrected chi connectivity index (χ1v) is 6.26. The predicted molar refractivity (Wildman–Crippen MR) is 64.8 cm³/mol. The fraction of sp³-hybridized carbons (Fsp3) is 0.538. The van der Waals surface area contributed by atoms with Gasteiger partial charge in [-0.05, 0) is 31.6 Å². The van der Waals surface area contributed by atoms with Crippen LogP contribution in [0.5, 0.6) is 0 Å². The van der Waals surface area contributed by atoms with Crippen molar-refractivity contribution in [3.05, 3.63) is 30.6 Å². The third-order valence-electron chi connectivity index (χ3n) is 3.86. The average Bonchev–Trinajstić information content (AvgIpc) is 2.83. The molecule has 2 aromatic heterocycles. The highest BCUT2D eigenvalue weighted by molar-refractivity contribution is 5.51. The van der Waals surface area contributed by atoms with E-state index in [0.29, 0.717) is 18.4 Å². The number of aliphatic hydroxyl groups is 1. The van der Waals surface area contributed by atoms with Gasteiger partial charge in [-0.15, -0.1) is 0 Å². The lowest BCUT2D eigenvalue weighted by Crippen LogP contribution is -2.16. The molecule has 1 fully saturated rings. The van der Waals surface area contributed by atoms with Gasteiger partial charge in [-0.2, -0.15) is 0 Å². The van der Waals surface area contributed by atoms with Crippen molar-refractivity contribution in [2.24, 2.45) is 5.92 Å². The summed E-state index contributed by atoms with van der Waals surface area (Å²) < 4.78 is 2.03. The summed E-state index contributed by atoms with van der Waals surface area (Å²) in [6.45, 7) is 0.332. The first-order valence-electron chi connectivity index (χ1n) is 6.26. The molecule has 1 aliphatic carbocycles. The first-order chi connectivity index (χ1) is 8.38. The lowest BCUT2D eigenvalue weighted by Gasteiger charge is -2.26. The van der Waals surface area contributed by atoms with Gasteiger partial charge in [-0.25, -0.2) is 4.98 Å². The van der Waals surface area contributed by atoms with Crippen molar-refractivity contribution in [3.8, 4) is 0 Å². The van der Waals surface area contributed by atoms with Crippen LogP contribution in [-0.2, 0) is 0 Å². The Kier molecular flexibility index (Phi) is 2.81. The van der Waals surface area contributed by atoms with Crippen molar-refractivity contribution >= 4 is 5.52 Å². The largest absolute Gasteiger partial charge is 0.396 e. The number of imidazole rings is 1. The summed E-state index contributed by atoms with van der Waals surface area (Å²) in [5.41, 5.74) is 2.30. The number of nitrogens with zero attached hydrogens (tertiary/aromatic N) is 3. The summed E-state index contributed by atoms with van der Waals surface area (Å²) in [5, 5.41) is 9.15. The van der Waals surface area contributed by atoms with E-state index in [1.165, 1.54) is 5.69 Å². The SMILES string of the molecule is OCC1CCC(c2ncn3ccncc23)CC1. The van der Waals surface area contributed by atoms with Crippen LogP contribution in [0.25, 0.3) is 5.52 Å². The lowest BCUT2D eigenvalue weighted by molar-refractivity contribution is 0.182. The van der Waals surface area contributed by atoms with E-state index in [4.69, 9.17) is 5.11 Å². The van der Waals surface area contributed by atoms with Gasteiger partial charge in [0.15, 0.2) is 0 Å². The van der Waals surface area contributed by atoms with E-state index in [1.54, 1.807) is 6.20 Å². The Hall–Kier alpha value is -1.42. The Labute approximate surface area is 100 Å². The van der Waals surface area contributed by atoms with Crippen LogP contribution in [0.3, 0.4) is 0 Å². The fourth-order valence-corrected chi connectivity index (χ4v) is 2.79. The molecule has 0 amide bonds. The van der Waals surface area contributed by atoms with E-state index in [1.807, 2.05) is 23.1 Å². The standard InChI is InChI=1S/C13H17N3O/c17-8-10-1-3-11(4-2-10)13-12-7-14-5-6-16(12)9-15-13/h5-7,9-11,17H,1-4,8H2. The van der Waals surface area contributed by atoms with Crippen molar-refractivity contribution < 1.29 is 5.11 Å². The van der Waals surface area contributed by atoms with E-state index in [2.05, 4.69) is 9.97 Å². The number of aliphatic hydroxyl groups excluding tert-OH is 1. The van der Waals surface area contributed by atoms with Crippen LogP contribution in [0, 0.1) is 5.92 Å². The van der Waals surface area contributed by atoms with Crippen molar-refractivity contribution in [2.75, 3.05) is 6.61 Å². The molecule has 2 heterocycles. The zero-order valence-electron chi connectivity index (χ0n) is 9.79. The normalized spacial score (nSPS) is 25.2. The van der Waals surface area contributed by atoms with E-state index in [9.17, 15) is 0 Å². The van der Waals surface area contributed by atoms with E-state index in [-0.39, 0.29) is 0 Å². The quantitative estimate of drug-likeness (QED) is 0.860. The summed E-state index contributed by atoms with van der Waals surface area (Å²) in [4.78, 5) is 8.70. The zero-order chi connectivity index (χ0) is 11.7. The molecule has 1 aliphatic rings. The molecule has 3 rings (SSSR count). The zero-order valence-corrected chi connectivity index (χ0v) is 9.79. The van der Waals surface area contributed by atoms with Gasteiger partial charge >= 0.3 is 0 Å². The summed E-state index contributed by atoms with van der Waals surface area (Å²) >= 11 is 0. The molecular weight excluding hydrogens is 214 g/mol. The highest BCUT2D eigenvalue weighted by Crippen LogP contribution is 2.36. The average molecular weight is 231 g/mol. The third-order valence-corrected chi connectivity index (χ3v) is 3.86. The van der Waals surface area contributed by atoms with Crippen LogP contribution in [0.1, 0.15) is 37.3 Å². The van der Waals surface area contributed by atoms with Gasteiger partial charge in [0.2, 0.25) is 0 Å². The summed E-state index contributed by atoms with van der Waals surface area (Å²) in [7, 11) is 0. The molecule has 0 saturated heterocycles. The van der Waals surface area contributed by atoms with Crippen LogP contribution >= 0.6 is 0 Å². The van der Waals surface area contributed by atoms with Gasteiger partial charge in [-0.3, -0.25) is 4.98 Å². The monoisotopic (exact) mass is 231 g/mol. The van der Waals surface area contributed by atoms with Gasteiger partial charge in [-0.1, -0.05) is 0 Å². The fourth-order valence-electron chi connectivity index (χ4n) is 2.79. The molecule has 0 bridgehead atoms. The molecule has 4 heteroatoms. The number of hydrogen-bond donors (Lipinski definition) is 1. The van der Waals surface area contributed by atoms with Crippen LogP contribution in [0.4, 0.5) is 0 Å². The number of hydrogen-bond acceptors (Lipinski definition) is 3. The molecule has 4 nitrogen and oxygen atoms in total.